The Morgan fingerprint density at radius 3 is 3.00 bits per heavy atom. The molecule has 2 atom stereocenters. The van der Waals surface area contributed by atoms with Gasteiger partial charge in [0.25, 0.3) is 0 Å². The van der Waals surface area contributed by atoms with Crippen LogP contribution in [0.25, 0.3) is 0 Å². The highest BCUT2D eigenvalue weighted by atomic mass is 16.4. The number of carboxylic acid groups (broad SMARTS) is 1. The summed E-state index contributed by atoms with van der Waals surface area (Å²) in [4.78, 5) is 12.4. The molecule has 0 bridgehead atoms. The van der Waals surface area contributed by atoms with Crippen LogP contribution in [0.3, 0.4) is 0 Å². The molecule has 0 aromatic rings. The lowest BCUT2D eigenvalue weighted by atomic mass is 9.92. The molecule has 0 radical (unpaired) electrons. The Bertz CT molecular complexity index is 182. The third-order valence-electron chi connectivity index (χ3n) is 2.64. The van der Waals surface area contributed by atoms with Crippen LogP contribution in [0.15, 0.2) is 0 Å². The maximum absolute atomic E-state index is 10.5. The van der Waals surface area contributed by atoms with Crippen molar-refractivity contribution in [3.8, 4) is 0 Å². The fourth-order valence-electron chi connectivity index (χ4n) is 1.86. The minimum absolute atomic E-state index is 0.156. The van der Waals surface area contributed by atoms with E-state index in [4.69, 9.17) is 10.8 Å². The third-order valence-corrected chi connectivity index (χ3v) is 2.64. The molecule has 4 nitrogen and oxygen atoms in total. The lowest BCUT2D eigenvalue weighted by molar-refractivity contribution is -0.138. The predicted molar refractivity (Wildman–Crippen MR) is 50.4 cm³/mol. The van der Waals surface area contributed by atoms with Gasteiger partial charge in [-0.25, -0.2) is 0 Å². The average molecular weight is 186 g/mol. The minimum Gasteiger partial charge on any atom is -0.480 e. The molecule has 0 amide bonds. The molecule has 1 saturated heterocycles. The standard InChI is InChI=1S/C9H18N2O2/c1-7(10)8-3-2-4-11(5-8)6-9(12)13/h7-8H,2-6,10H2,1H3,(H,12,13). The largest absolute Gasteiger partial charge is 0.480 e. The molecule has 0 aliphatic carbocycles. The topological polar surface area (TPSA) is 66.6 Å². The summed E-state index contributed by atoms with van der Waals surface area (Å²) in [5.41, 5.74) is 5.79. The first-order valence-electron chi connectivity index (χ1n) is 4.79. The highest BCUT2D eigenvalue weighted by molar-refractivity contribution is 5.69. The molecule has 0 saturated carbocycles. The molecule has 0 aromatic heterocycles. The van der Waals surface area contributed by atoms with E-state index in [2.05, 4.69) is 0 Å². The van der Waals surface area contributed by atoms with Crippen LogP contribution in [0.4, 0.5) is 0 Å². The van der Waals surface area contributed by atoms with Crippen LogP contribution in [0.1, 0.15) is 19.8 Å². The van der Waals surface area contributed by atoms with Crippen LogP contribution in [-0.4, -0.2) is 41.7 Å². The van der Waals surface area contributed by atoms with E-state index in [0.29, 0.717) is 5.92 Å². The van der Waals surface area contributed by atoms with Crippen LogP contribution >= 0.6 is 0 Å². The maximum Gasteiger partial charge on any atom is 0.317 e. The van der Waals surface area contributed by atoms with Gasteiger partial charge in [-0.1, -0.05) is 0 Å². The number of rotatable bonds is 3. The van der Waals surface area contributed by atoms with Gasteiger partial charge in [0.1, 0.15) is 0 Å². The van der Waals surface area contributed by atoms with Gasteiger partial charge in [0, 0.05) is 12.6 Å². The van der Waals surface area contributed by atoms with E-state index in [0.717, 1.165) is 25.9 Å². The van der Waals surface area contributed by atoms with Gasteiger partial charge in [-0.15, -0.1) is 0 Å². The molecule has 0 spiro atoms. The Hall–Kier alpha value is -0.610. The highest BCUT2D eigenvalue weighted by Gasteiger charge is 2.23. The Labute approximate surface area is 78.7 Å². The molecule has 76 valence electrons. The molecule has 4 heteroatoms. The fraction of sp³-hybridized carbons (Fsp3) is 0.889. The summed E-state index contributed by atoms with van der Waals surface area (Å²) in [5.74, 6) is -0.279. The number of aliphatic carboxylic acids is 1. The third kappa shape index (κ3) is 3.32. The molecule has 13 heavy (non-hydrogen) atoms. The van der Waals surface area contributed by atoms with Crippen molar-refractivity contribution in [2.75, 3.05) is 19.6 Å². The van der Waals surface area contributed by atoms with Gasteiger partial charge in [0.15, 0.2) is 0 Å². The van der Waals surface area contributed by atoms with Gasteiger partial charge in [0.05, 0.1) is 6.54 Å². The number of carbonyl (C=O) groups is 1. The molecule has 0 aromatic carbocycles. The second-order valence-electron chi connectivity index (χ2n) is 3.89. The van der Waals surface area contributed by atoms with Crippen LogP contribution in [0, 0.1) is 5.92 Å². The monoisotopic (exact) mass is 186 g/mol. The van der Waals surface area contributed by atoms with E-state index in [-0.39, 0.29) is 12.6 Å². The molecular weight excluding hydrogens is 168 g/mol. The zero-order chi connectivity index (χ0) is 9.84. The van der Waals surface area contributed by atoms with E-state index in [9.17, 15) is 4.79 Å². The van der Waals surface area contributed by atoms with Crippen molar-refractivity contribution in [3.05, 3.63) is 0 Å². The van der Waals surface area contributed by atoms with Crippen molar-refractivity contribution in [2.24, 2.45) is 11.7 Å². The number of carboxylic acids is 1. The van der Waals surface area contributed by atoms with Crippen molar-refractivity contribution in [2.45, 2.75) is 25.8 Å². The van der Waals surface area contributed by atoms with Crippen LogP contribution in [-0.2, 0) is 4.79 Å². The van der Waals surface area contributed by atoms with Gasteiger partial charge in [-0.05, 0) is 32.2 Å². The summed E-state index contributed by atoms with van der Waals surface area (Å²) in [6.45, 7) is 3.89. The van der Waals surface area contributed by atoms with Gasteiger partial charge in [-0.3, -0.25) is 9.69 Å². The quantitative estimate of drug-likeness (QED) is 0.657. The predicted octanol–water partition coefficient (Wildman–Crippen LogP) is 0.130. The lowest BCUT2D eigenvalue weighted by Crippen LogP contribution is -2.44. The van der Waals surface area contributed by atoms with Crippen molar-refractivity contribution in [1.82, 2.24) is 4.90 Å². The molecule has 2 unspecified atom stereocenters. The summed E-state index contributed by atoms with van der Waals surface area (Å²) in [5, 5.41) is 8.62. The van der Waals surface area contributed by atoms with Crippen molar-refractivity contribution < 1.29 is 9.90 Å². The Morgan fingerprint density at radius 1 is 1.77 bits per heavy atom. The number of nitrogens with zero attached hydrogens (tertiary/aromatic N) is 1. The van der Waals surface area contributed by atoms with E-state index >= 15 is 0 Å². The summed E-state index contributed by atoms with van der Waals surface area (Å²) < 4.78 is 0. The second-order valence-corrected chi connectivity index (χ2v) is 3.89. The molecule has 1 rings (SSSR count). The minimum atomic E-state index is -0.745. The van der Waals surface area contributed by atoms with Gasteiger partial charge < -0.3 is 10.8 Å². The molecular formula is C9H18N2O2. The van der Waals surface area contributed by atoms with Crippen LogP contribution in [0.5, 0.6) is 0 Å². The van der Waals surface area contributed by atoms with Crippen LogP contribution < -0.4 is 5.73 Å². The van der Waals surface area contributed by atoms with Crippen LogP contribution in [0.2, 0.25) is 0 Å². The number of nitrogens with two attached hydrogens (primary N) is 1. The summed E-state index contributed by atoms with van der Waals surface area (Å²) in [6.07, 6.45) is 2.20. The normalized spacial score (nSPS) is 27.1. The fourth-order valence-corrected chi connectivity index (χ4v) is 1.86. The SMILES string of the molecule is CC(N)C1CCCN(CC(=O)O)C1. The molecule has 1 fully saturated rings. The van der Waals surface area contributed by atoms with Crippen molar-refractivity contribution >= 4 is 5.97 Å². The first-order chi connectivity index (χ1) is 6.09. The van der Waals surface area contributed by atoms with Gasteiger partial charge in [-0.2, -0.15) is 0 Å². The maximum atomic E-state index is 10.5. The molecule has 1 aliphatic rings. The van der Waals surface area contributed by atoms with E-state index in [1.807, 2.05) is 11.8 Å². The van der Waals surface area contributed by atoms with Gasteiger partial charge >= 0.3 is 5.97 Å². The Kier molecular flexibility index (Phi) is 3.69. The number of hydrogen-bond donors (Lipinski definition) is 2. The Balaban J connectivity index is 2.37. The summed E-state index contributed by atoms with van der Waals surface area (Å²) in [7, 11) is 0. The van der Waals surface area contributed by atoms with E-state index in [1.54, 1.807) is 0 Å². The van der Waals surface area contributed by atoms with E-state index < -0.39 is 5.97 Å². The van der Waals surface area contributed by atoms with Crippen molar-refractivity contribution in [1.29, 1.82) is 0 Å². The lowest BCUT2D eigenvalue weighted by Gasteiger charge is -2.33. The molecule has 1 heterocycles. The summed E-state index contributed by atoms with van der Waals surface area (Å²) in [6, 6.07) is 0.177. The van der Waals surface area contributed by atoms with Gasteiger partial charge in [0.2, 0.25) is 0 Å². The zero-order valence-corrected chi connectivity index (χ0v) is 8.07. The molecule has 3 N–H and O–H groups in total. The number of piperidine rings is 1. The first kappa shape index (κ1) is 10.5. The number of likely N-dealkylation sites (tertiary alicyclic amines) is 1. The highest BCUT2D eigenvalue weighted by Crippen LogP contribution is 2.18. The zero-order valence-electron chi connectivity index (χ0n) is 8.07. The summed E-state index contributed by atoms with van der Waals surface area (Å²) >= 11 is 0. The Morgan fingerprint density at radius 2 is 2.46 bits per heavy atom. The van der Waals surface area contributed by atoms with E-state index in [1.165, 1.54) is 0 Å². The molecule has 1 aliphatic heterocycles. The average Bonchev–Trinajstić information content (AvgIpc) is 2.03. The second kappa shape index (κ2) is 4.58. The number of hydrogen-bond acceptors (Lipinski definition) is 3. The smallest absolute Gasteiger partial charge is 0.317 e. The first-order valence-corrected chi connectivity index (χ1v) is 4.79. The van der Waals surface area contributed by atoms with Crippen molar-refractivity contribution in [3.63, 3.8) is 0 Å².